The molecule has 5 nitrogen and oxygen atoms in total. The predicted octanol–water partition coefficient (Wildman–Crippen LogP) is 1.96. The van der Waals surface area contributed by atoms with Crippen LogP contribution in [0.25, 0.3) is 0 Å². The van der Waals surface area contributed by atoms with Gasteiger partial charge in [0.05, 0.1) is 11.8 Å². The molecule has 0 bridgehead atoms. The molecule has 0 aliphatic heterocycles. The van der Waals surface area contributed by atoms with Crippen LogP contribution in [0.2, 0.25) is 0 Å². The van der Waals surface area contributed by atoms with Crippen LogP contribution >= 0.6 is 0 Å². The Kier molecular flexibility index (Phi) is 3.94. The minimum absolute atomic E-state index is 0.520. The molecule has 1 heterocycles. The highest BCUT2D eigenvalue weighted by molar-refractivity contribution is 5.55. The van der Waals surface area contributed by atoms with Crippen molar-refractivity contribution >= 4 is 11.5 Å². The van der Waals surface area contributed by atoms with Gasteiger partial charge in [0.1, 0.15) is 6.07 Å². The van der Waals surface area contributed by atoms with Crippen LogP contribution in [0.1, 0.15) is 18.1 Å². The van der Waals surface area contributed by atoms with Crippen LogP contribution in [0.5, 0.6) is 0 Å². The number of nitriles is 1. The molecule has 2 N–H and O–H groups in total. The Bertz CT molecular complexity index is 603. The molecule has 1 aromatic heterocycles. The van der Waals surface area contributed by atoms with E-state index in [2.05, 4.69) is 16.3 Å². The minimum atomic E-state index is 0.520. The lowest BCUT2D eigenvalue weighted by atomic mass is 10.1. The third kappa shape index (κ3) is 2.80. The summed E-state index contributed by atoms with van der Waals surface area (Å²) in [6, 6.07) is 11.5. The normalized spacial score (nSPS) is 9.89. The summed E-state index contributed by atoms with van der Waals surface area (Å²) >= 11 is 0. The molecule has 1 aromatic carbocycles. The van der Waals surface area contributed by atoms with Crippen molar-refractivity contribution in [1.29, 1.82) is 5.26 Å². The molecular formula is C14H15N5. The first-order valence-electron chi connectivity index (χ1n) is 6.06. The first-order chi connectivity index (χ1) is 9.26. The van der Waals surface area contributed by atoms with Crippen molar-refractivity contribution in [3.8, 4) is 6.07 Å². The van der Waals surface area contributed by atoms with E-state index in [1.165, 1.54) is 6.20 Å². The highest BCUT2D eigenvalue weighted by Gasteiger charge is 2.13. The summed E-state index contributed by atoms with van der Waals surface area (Å²) in [5, 5.41) is 17.0. The van der Waals surface area contributed by atoms with Crippen molar-refractivity contribution in [2.75, 3.05) is 17.2 Å². The molecule has 0 saturated carbocycles. The molecule has 0 amide bonds. The van der Waals surface area contributed by atoms with Crippen molar-refractivity contribution < 1.29 is 0 Å². The maximum absolute atomic E-state index is 9.11. The molecule has 0 unspecified atom stereocenters. The van der Waals surface area contributed by atoms with Crippen molar-refractivity contribution in [2.24, 2.45) is 0 Å². The molecule has 96 valence electrons. The number of hydrogen-bond acceptors (Lipinski definition) is 5. The van der Waals surface area contributed by atoms with E-state index in [1.807, 2.05) is 36.1 Å². The quantitative estimate of drug-likeness (QED) is 0.842. The summed E-state index contributed by atoms with van der Waals surface area (Å²) in [7, 11) is 0. The zero-order chi connectivity index (χ0) is 13.7. The van der Waals surface area contributed by atoms with E-state index in [4.69, 9.17) is 11.0 Å². The highest BCUT2D eigenvalue weighted by Crippen LogP contribution is 2.20. The fourth-order valence-corrected chi connectivity index (χ4v) is 1.87. The summed E-state index contributed by atoms with van der Waals surface area (Å²) < 4.78 is 0. The second kappa shape index (κ2) is 5.83. The van der Waals surface area contributed by atoms with Gasteiger partial charge in [-0.2, -0.15) is 10.4 Å². The van der Waals surface area contributed by atoms with Crippen LogP contribution in [0.15, 0.2) is 36.5 Å². The van der Waals surface area contributed by atoms with Gasteiger partial charge in [0, 0.05) is 18.8 Å². The molecular weight excluding hydrogens is 238 g/mol. The van der Waals surface area contributed by atoms with Crippen LogP contribution in [0, 0.1) is 11.3 Å². The van der Waals surface area contributed by atoms with Gasteiger partial charge in [-0.1, -0.05) is 18.2 Å². The third-order valence-corrected chi connectivity index (χ3v) is 2.92. The molecule has 19 heavy (non-hydrogen) atoms. The van der Waals surface area contributed by atoms with Crippen LogP contribution in [0.3, 0.4) is 0 Å². The molecule has 5 heteroatoms. The number of nitrogens with two attached hydrogens (primary N) is 1. The van der Waals surface area contributed by atoms with Crippen molar-refractivity contribution in [3.05, 3.63) is 47.7 Å². The standard InChI is InChI=1S/C14H15N5/c1-2-19(10-12-5-3-4-6-13(12)16)14-11(9-15)7-8-17-18-14/h3-8H,2,10,16H2,1H3. The SMILES string of the molecule is CCN(Cc1ccccc1N)c1nnccc1C#N. The van der Waals surface area contributed by atoms with Crippen LogP contribution in [-0.2, 0) is 6.54 Å². The van der Waals surface area contributed by atoms with Crippen molar-refractivity contribution in [3.63, 3.8) is 0 Å². The Hall–Kier alpha value is -2.61. The fourth-order valence-electron chi connectivity index (χ4n) is 1.87. The summed E-state index contributed by atoms with van der Waals surface area (Å²) in [6.07, 6.45) is 1.52. The lowest BCUT2D eigenvalue weighted by Crippen LogP contribution is -2.25. The first kappa shape index (κ1) is 12.8. The Morgan fingerprint density at radius 1 is 1.32 bits per heavy atom. The Morgan fingerprint density at radius 3 is 2.79 bits per heavy atom. The van der Waals surface area contributed by atoms with Crippen molar-refractivity contribution in [2.45, 2.75) is 13.5 Å². The van der Waals surface area contributed by atoms with Gasteiger partial charge < -0.3 is 10.6 Å². The Balaban J connectivity index is 2.31. The number of nitrogens with zero attached hydrogens (tertiary/aromatic N) is 4. The van der Waals surface area contributed by atoms with Crippen LogP contribution < -0.4 is 10.6 Å². The number of hydrogen-bond donors (Lipinski definition) is 1. The lowest BCUT2D eigenvalue weighted by Gasteiger charge is -2.22. The Morgan fingerprint density at radius 2 is 2.11 bits per heavy atom. The van der Waals surface area contributed by atoms with E-state index >= 15 is 0 Å². The third-order valence-electron chi connectivity index (χ3n) is 2.92. The van der Waals surface area contributed by atoms with Crippen molar-refractivity contribution in [1.82, 2.24) is 10.2 Å². The molecule has 0 aliphatic carbocycles. The molecule has 0 fully saturated rings. The number of para-hydroxylation sites is 1. The summed E-state index contributed by atoms with van der Waals surface area (Å²) in [6.45, 7) is 3.34. The van der Waals surface area contributed by atoms with Gasteiger partial charge >= 0.3 is 0 Å². The molecule has 0 spiro atoms. The van der Waals surface area contributed by atoms with E-state index in [0.29, 0.717) is 17.9 Å². The second-order valence-electron chi connectivity index (χ2n) is 4.09. The summed E-state index contributed by atoms with van der Waals surface area (Å²) in [5.74, 6) is 0.593. The average molecular weight is 253 g/mol. The number of aromatic nitrogens is 2. The summed E-state index contributed by atoms with van der Waals surface area (Å²) in [5.41, 5.74) is 8.22. The monoisotopic (exact) mass is 253 g/mol. The minimum Gasteiger partial charge on any atom is -0.398 e. The average Bonchev–Trinajstić information content (AvgIpc) is 2.46. The van der Waals surface area contributed by atoms with E-state index < -0.39 is 0 Å². The zero-order valence-electron chi connectivity index (χ0n) is 10.7. The zero-order valence-corrected chi connectivity index (χ0v) is 10.7. The number of anilines is 2. The smallest absolute Gasteiger partial charge is 0.169 e. The van der Waals surface area contributed by atoms with Gasteiger partial charge in [-0.15, -0.1) is 5.10 Å². The van der Waals surface area contributed by atoms with Gasteiger partial charge in [0.2, 0.25) is 0 Å². The number of nitrogen functional groups attached to an aromatic ring is 1. The molecule has 2 rings (SSSR count). The molecule has 0 radical (unpaired) electrons. The lowest BCUT2D eigenvalue weighted by molar-refractivity contribution is 0.795. The number of benzene rings is 1. The predicted molar refractivity (Wildman–Crippen MR) is 74.3 cm³/mol. The molecule has 2 aromatic rings. The van der Waals surface area contributed by atoms with E-state index in [0.717, 1.165) is 17.8 Å². The molecule has 0 atom stereocenters. The second-order valence-corrected chi connectivity index (χ2v) is 4.09. The van der Waals surface area contributed by atoms with E-state index in [1.54, 1.807) is 6.07 Å². The van der Waals surface area contributed by atoms with E-state index in [-0.39, 0.29) is 0 Å². The van der Waals surface area contributed by atoms with Gasteiger partial charge in [-0.3, -0.25) is 0 Å². The maximum Gasteiger partial charge on any atom is 0.169 e. The highest BCUT2D eigenvalue weighted by atomic mass is 15.3. The Labute approximate surface area is 112 Å². The molecule has 0 aliphatic rings. The van der Waals surface area contributed by atoms with Crippen LogP contribution in [-0.4, -0.2) is 16.7 Å². The fraction of sp³-hybridized carbons (Fsp3) is 0.214. The van der Waals surface area contributed by atoms with Gasteiger partial charge in [0.25, 0.3) is 0 Å². The largest absolute Gasteiger partial charge is 0.398 e. The molecule has 0 saturated heterocycles. The summed E-state index contributed by atoms with van der Waals surface area (Å²) in [4.78, 5) is 1.98. The first-order valence-corrected chi connectivity index (χ1v) is 6.06. The van der Waals surface area contributed by atoms with Gasteiger partial charge in [0.15, 0.2) is 5.82 Å². The topological polar surface area (TPSA) is 78.8 Å². The van der Waals surface area contributed by atoms with E-state index in [9.17, 15) is 0 Å². The number of rotatable bonds is 4. The van der Waals surface area contributed by atoms with Crippen LogP contribution in [0.4, 0.5) is 11.5 Å². The van der Waals surface area contributed by atoms with Gasteiger partial charge in [-0.25, -0.2) is 0 Å². The van der Waals surface area contributed by atoms with Gasteiger partial charge in [-0.05, 0) is 24.6 Å². The maximum atomic E-state index is 9.11.